The summed E-state index contributed by atoms with van der Waals surface area (Å²) < 4.78 is 6.90. The monoisotopic (exact) mass is 325 g/mol. The average Bonchev–Trinajstić information content (AvgIpc) is 3.14. The van der Waals surface area contributed by atoms with Gasteiger partial charge in [0.05, 0.1) is 11.4 Å². The first-order valence-corrected chi connectivity index (χ1v) is 7.73. The number of nitrogens with one attached hydrogen (secondary N) is 2. The summed E-state index contributed by atoms with van der Waals surface area (Å²) in [5, 5.41) is 13.9. The summed E-state index contributed by atoms with van der Waals surface area (Å²) >= 11 is 0. The molecule has 3 rings (SSSR count). The van der Waals surface area contributed by atoms with Gasteiger partial charge in [-0.2, -0.15) is 5.10 Å². The smallest absolute Gasteiger partial charge is 0.323 e. The van der Waals surface area contributed by atoms with Crippen molar-refractivity contribution in [3.8, 4) is 5.69 Å². The molecular weight excluding hydrogens is 306 g/mol. The average molecular weight is 325 g/mol. The lowest BCUT2D eigenvalue weighted by molar-refractivity contribution is 0.262. The van der Waals surface area contributed by atoms with Crippen LogP contribution in [-0.4, -0.2) is 21.0 Å². The van der Waals surface area contributed by atoms with Crippen LogP contribution in [0.3, 0.4) is 0 Å². The van der Waals surface area contributed by atoms with Crippen LogP contribution < -0.4 is 10.6 Å². The van der Waals surface area contributed by atoms with Gasteiger partial charge in [-0.1, -0.05) is 24.2 Å². The Hall–Kier alpha value is -3.09. The van der Waals surface area contributed by atoms with Crippen molar-refractivity contribution in [2.75, 3.05) is 10.6 Å². The van der Waals surface area contributed by atoms with Crippen LogP contribution in [-0.2, 0) is 6.42 Å². The highest BCUT2D eigenvalue weighted by molar-refractivity contribution is 6.01. The lowest BCUT2D eigenvalue weighted by Gasteiger charge is -2.13. The number of anilines is 2. The molecule has 3 aromatic rings. The number of carbonyl (C=O) groups excluding carboxylic acids is 1. The van der Waals surface area contributed by atoms with Crippen LogP contribution in [0.25, 0.3) is 5.69 Å². The Kier molecular flexibility index (Phi) is 4.33. The van der Waals surface area contributed by atoms with E-state index in [0.717, 1.165) is 17.1 Å². The van der Waals surface area contributed by atoms with Crippen LogP contribution in [0.1, 0.15) is 24.1 Å². The molecule has 0 unspecified atom stereocenters. The molecule has 0 aliphatic heterocycles. The summed E-state index contributed by atoms with van der Waals surface area (Å²) in [4.78, 5) is 12.4. The molecule has 24 heavy (non-hydrogen) atoms. The Morgan fingerprint density at radius 2 is 2.00 bits per heavy atom. The fourth-order valence-corrected chi connectivity index (χ4v) is 2.47. The van der Waals surface area contributed by atoms with E-state index < -0.39 is 0 Å². The normalized spacial score (nSPS) is 10.6. The van der Waals surface area contributed by atoms with Gasteiger partial charge in [-0.25, -0.2) is 9.48 Å². The van der Waals surface area contributed by atoms with Gasteiger partial charge in [-0.05, 0) is 38.5 Å². The summed E-state index contributed by atoms with van der Waals surface area (Å²) in [6.45, 7) is 5.68. The Morgan fingerprint density at radius 1 is 1.21 bits per heavy atom. The molecule has 2 amide bonds. The molecule has 2 heterocycles. The third-order valence-electron chi connectivity index (χ3n) is 3.72. The second-order valence-corrected chi connectivity index (χ2v) is 5.39. The van der Waals surface area contributed by atoms with E-state index in [1.165, 1.54) is 0 Å². The van der Waals surface area contributed by atoms with Gasteiger partial charge in [-0.3, -0.25) is 0 Å². The number of aryl methyl sites for hydroxylation is 3. The first-order valence-electron chi connectivity index (χ1n) is 7.73. The highest BCUT2D eigenvalue weighted by Crippen LogP contribution is 2.23. The molecule has 7 nitrogen and oxygen atoms in total. The number of carbonyl (C=O) groups is 1. The molecular formula is C17H19N5O2. The minimum absolute atomic E-state index is 0.353. The SMILES string of the molecule is CCc1noc(C)c1NC(=O)Nc1ccccc1-n1nccc1C. The van der Waals surface area contributed by atoms with Gasteiger partial charge in [0.1, 0.15) is 11.4 Å². The zero-order valence-electron chi connectivity index (χ0n) is 13.8. The molecule has 2 aromatic heterocycles. The van der Waals surface area contributed by atoms with Crippen molar-refractivity contribution >= 4 is 17.4 Å². The van der Waals surface area contributed by atoms with Gasteiger partial charge in [0.2, 0.25) is 0 Å². The molecule has 0 aliphatic rings. The summed E-state index contributed by atoms with van der Waals surface area (Å²) in [5.74, 6) is 0.582. The largest absolute Gasteiger partial charge is 0.359 e. The van der Waals surface area contributed by atoms with Crippen LogP contribution in [0.4, 0.5) is 16.2 Å². The summed E-state index contributed by atoms with van der Waals surface area (Å²) in [6, 6.07) is 9.05. The number of urea groups is 1. The standard InChI is InChI=1S/C17H19N5O2/c1-4-13-16(12(3)24-21-13)20-17(23)19-14-7-5-6-8-15(14)22-11(2)9-10-18-22/h5-10H,4H2,1-3H3,(H2,19,20,23). The maximum absolute atomic E-state index is 12.4. The van der Waals surface area contributed by atoms with Gasteiger partial charge in [0, 0.05) is 11.9 Å². The van der Waals surface area contributed by atoms with Crippen molar-refractivity contribution in [2.45, 2.75) is 27.2 Å². The zero-order chi connectivity index (χ0) is 17.1. The van der Waals surface area contributed by atoms with Crippen molar-refractivity contribution in [2.24, 2.45) is 0 Å². The highest BCUT2D eigenvalue weighted by atomic mass is 16.5. The first kappa shape index (κ1) is 15.8. The second-order valence-electron chi connectivity index (χ2n) is 5.39. The molecule has 0 aliphatic carbocycles. The van der Waals surface area contributed by atoms with Crippen LogP contribution in [0.2, 0.25) is 0 Å². The molecule has 0 bridgehead atoms. The molecule has 0 fully saturated rings. The molecule has 1 aromatic carbocycles. The Balaban J connectivity index is 1.83. The highest BCUT2D eigenvalue weighted by Gasteiger charge is 2.15. The van der Waals surface area contributed by atoms with E-state index in [4.69, 9.17) is 4.52 Å². The number of rotatable bonds is 4. The van der Waals surface area contributed by atoms with Gasteiger partial charge in [0.15, 0.2) is 5.76 Å². The van der Waals surface area contributed by atoms with Gasteiger partial charge in [0.25, 0.3) is 0 Å². The van der Waals surface area contributed by atoms with Crippen LogP contribution >= 0.6 is 0 Å². The molecule has 7 heteroatoms. The fraction of sp³-hybridized carbons (Fsp3) is 0.235. The Labute approximate surface area is 139 Å². The van der Waals surface area contributed by atoms with Crippen LogP contribution in [0, 0.1) is 13.8 Å². The second kappa shape index (κ2) is 6.57. The van der Waals surface area contributed by atoms with E-state index in [9.17, 15) is 4.79 Å². The number of amides is 2. The number of nitrogens with zero attached hydrogens (tertiary/aromatic N) is 3. The first-order chi connectivity index (χ1) is 11.6. The lowest BCUT2D eigenvalue weighted by Crippen LogP contribution is -2.21. The molecule has 124 valence electrons. The quantitative estimate of drug-likeness (QED) is 0.766. The van der Waals surface area contributed by atoms with Crippen molar-refractivity contribution in [3.05, 3.63) is 53.7 Å². The maximum Gasteiger partial charge on any atom is 0.323 e. The van der Waals surface area contributed by atoms with E-state index in [-0.39, 0.29) is 6.03 Å². The van der Waals surface area contributed by atoms with E-state index in [0.29, 0.717) is 23.6 Å². The third-order valence-corrected chi connectivity index (χ3v) is 3.72. The molecule has 2 N–H and O–H groups in total. The van der Waals surface area contributed by atoms with Crippen molar-refractivity contribution in [3.63, 3.8) is 0 Å². The summed E-state index contributed by atoms with van der Waals surface area (Å²) in [5.41, 5.74) is 3.77. The number of para-hydroxylation sites is 2. The third kappa shape index (κ3) is 3.01. The van der Waals surface area contributed by atoms with Crippen molar-refractivity contribution < 1.29 is 9.32 Å². The van der Waals surface area contributed by atoms with Crippen molar-refractivity contribution in [1.82, 2.24) is 14.9 Å². The maximum atomic E-state index is 12.4. The Morgan fingerprint density at radius 3 is 2.71 bits per heavy atom. The van der Waals surface area contributed by atoms with Crippen LogP contribution in [0.15, 0.2) is 41.1 Å². The van der Waals surface area contributed by atoms with E-state index in [1.807, 2.05) is 44.2 Å². The van der Waals surface area contributed by atoms with Gasteiger partial charge >= 0.3 is 6.03 Å². The van der Waals surface area contributed by atoms with E-state index in [1.54, 1.807) is 17.8 Å². The predicted octanol–water partition coefficient (Wildman–Crippen LogP) is 3.68. The minimum Gasteiger partial charge on any atom is -0.359 e. The van der Waals surface area contributed by atoms with Crippen LogP contribution in [0.5, 0.6) is 0 Å². The number of benzene rings is 1. The van der Waals surface area contributed by atoms with E-state index >= 15 is 0 Å². The molecule has 0 saturated heterocycles. The molecule has 0 spiro atoms. The molecule has 0 atom stereocenters. The molecule has 0 saturated carbocycles. The van der Waals surface area contributed by atoms with Gasteiger partial charge < -0.3 is 15.2 Å². The van der Waals surface area contributed by atoms with Gasteiger partial charge in [-0.15, -0.1) is 0 Å². The topological polar surface area (TPSA) is 85.0 Å². The lowest BCUT2D eigenvalue weighted by atomic mass is 10.2. The molecule has 0 radical (unpaired) electrons. The number of hydrogen-bond acceptors (Lipinski definition) is 4. The minimum atomic E-state index is -0.353. The zero-order valence-corrected chi connectivity index (χ0v) is 13.8. The Bertz CT molecular complexity index is 866. The number of hydrogen-bond donors (Lipinski definition) is 2. The predicted molar refractivity (Wildman–Crippen MR) is 91.6 cm³/mol. The summed E-state index contributed by atoms with van der Waals surface area (Å²) in [7, 11) is 0. The van der Waals surface area contributed by atoms with E-state index in [2.05, 4.69) is 20.9 Å². The van der Waals surface area contributed by atoms with Crippen molar-refractivity contribution in [1.29, 1.82) is 0 Å². The summed E-state index contributed by atoms with van der Waals surface area (Å²) in [6.07, 6.45) is 2.40. The fourth-order valence-electron chi connectivity index (χ4n) is 2.47. The number of aromatic nitrogens is 3.